The highest BCUT2D eigenvalue weighted by atomic mass is 35.5. The number of carbonyl (C=O) groups is 2. The lowest BCUT2D eigenvalue weighted by atomic mass is 9.88. The minimum Gasteiger partial charge on any atom is -0.323 e. The summed E-state index contributed by atoms with van der Waals surface area (Å²) >= 11 is 11.8. The number of nitrogens with zero attached hydrogens (tertiary/aromatic N) is 2. The standard InChI is InChI=1S/C23H20Cl2F3N3O2/c24-15-9-7-14(8-10-15)20-21(33)31(22(30-20)11-2-1-3-12-22)13-18(32)29-17-6-4-5-16(19(17)25)23(26,27)28/h4-10H,1-3,11-13H2,(H,29,32). The first-order valence-corrected chi connectivity index (χ1v) is 11.2. The van der Waals surface area contributed by atoms with Crippen LogP contribution in [0.15, 0.2) is 47.5 Å². The van der Waals surface area contributed by atoms with Crippen LogP contribution >= 0.6 is 23.2 Å². The first-order chi connectivity index (χ1) is 15.6. The van der Waals surface area contributed by atoms with E-state index >= 15 is 0 Å². The molecule has 0 atom stereocenters. The summed E-state index contributed by atoms with van der Waals surface area (Å²) in [5, 5.41) is 2.34. The fourth-order valence-electron chi connectivity index (χ4n) is 4.33. The second-order valence-electron chi connectivity index (χ2n) is 8.11. The van der Waals surface area contributed by atoms with E-state index in [0.29, 0.717) is 23.4 Å². The molecule has 0 bridgehead atoms. The van der Waals surface area contributed by atoms with Gasteiger partial charge in [0.2, 0.25) is 5.91 Å². The van der Waals surface area contributed by atoms with Gasteiger partial charge in [-0.15, -0.1) is 0 Å². The summed E-state index contributed by atoms with van der Waals surface area (Å²) < 4.78 is 39.4. The van der Waals surface area contributed by atoms with Gasteiger partial charge in [-0.25, -0.2) is 0 Å². The Morgan fingerprint density at radius 1 is 1.06 bits per heavy atom. The van der Waals surface area contributed by atoms with Crippen molar-refractivity contribution in [2.75, 3.05) is 11.9 Å². The molecule has 1 saturated carbocycles. The van der Waals surface area contributed by atoms with Crippen molar-refractivity contribution in [2.24, 2.45) is 4.99 Å². The average Bonchev–Trinajstić information content (AvgIpc) is 3.01. The fourth-order valence-corrected chi connectivity index (χ4v) is 4.73. The molecule has 0 unspecified atom stereocenters. The van der Waals surface area contributed by atoms with Crippen molar-refractivity contribution < 1.29 is 22.8 Å². The van der Waals surface area contributed by atoms with Crippen LogP contribution in [0.3, 0.4) is 0 Å². The van der Waals surface area contributed by atoms with Crippen molar-refractivity contribution >= 4 is 46.4 Å². The normalized spacial score (nSPS) is 17.9. The Kier molecular flexibility index (Phi) is 6.42. The Labute approximate surface area is 198 Å². The molecule has 2 aliphatic rings. The minimum atomic E-state index is -4.66. The third kappa shape index (κ3) is 4.73. The van der Waals surface area contributed by atoms with E-state index in [9.17, 15) is 22.8 Å². The van der Waals surface area contributed by atoms with Gasteiger partial charge in [-0.3, -0.25) is 14.6 Å². The molecule has 174 valence electrons. The van der Waals surface area contributed by atoms with Gasteiger partial charge in [0.1, 0.15) is 17.9 Å². The summed E-state index contributed by atoms with van der Waals surface area (Å²) in [6.45, 7) is -0.355. The van der Waals surface area contributed by atoms with Crippen molar-refractivity contribution in [1.82, 2.24) is 4.90 Å². The van der Waals surface area contributed by atoms with Gasteiger partial charge in [0, 0.05) is 10.6 Å². The van der Waals surface area contributed by atoms with Crippen LogP contribution < -0.4 is 5.32 Å². The van der Waals surface area contributed by atoms with Crippen molar-refractivity contribution in [1.29, 1.82) is 0 Å². The zero-order valence-electron chi connectivity index (χ0n) is 17.4. The predicted octanol–water partition coefficient (Wildman–Crippen LogP) is 5.94. The molecule has 0 saturated heterocycles. The number of hydrogen-bond donors (Lipinski definition) is 1. The summed E-state index contributed by atoms with van der Waals surface area (Å²) in [5.41, 5.74) is -1.22. The number of halogens is 5. The lowest BCUT2D eigenvalue weighted by Crippen LogP contribution is -2.51. The fraction of sp³-hybridized carbons (Fsp3) is 0.348. The topological polar surface area (TPSA) is 61.8 Å². The SMILES string of the molecule is O=C(CN1C(=O)C(c2ccc(Cl)cc2)=NC12CCCCC2)Nc1cccc(C(F)(F)F)c1Cl. The molecular formula is C23H20Cl2F3N3O2. The van der Waals surface area contributed by atoms with Gasteiger partial charge in [-0.2, -0.15) is 13.2 Å². The summed E-state index contributed by atoms with van der Waals surface area (Å²) in [6.07, 6.45) is -0.747. The number of rotatable bonds is 4. The van der Waals surface area contributed by atoms with Gasteiger partial charge in [-0.1, -0.05) is 47.8 Å². The number of anilines is 1. The zero-order valence-corrected chi connectivity index (χ0v) is 18.9. The van der Waals surface area contributed by atoms with E-state index in [1.807, 2.05) is 0 Å². The molecule has 0 radical (unpaired) electrons. The summed E-state index contributed by atoms with van der Waals surface area (Å²) in [4.78, 5) is 32.3. The largest absolute Gasteiger partial charge is 0.417 e. The summed E-state index contributed by atoms with van der Waals surface area (Å²) in [7, 11) is 0. The molecule has 10 heteroatoms. The van der Waals surface area contributed by atoms with Crippen LogP contribution in [0.5, 0.6) is 0 Å². The Hall–Kier alpha value is -2.58. The Bertz CT molecular complexity index is 1110. The maximum absolute atomic E-state index is 13.3. The molecule has 1 aliphatic heterocycles. The van der Waals surface area contributed by atoms with Crippen molar-refractivity contribution in [2.45, 2.75) is 43.9 Å². The molecule has 5 nitrogen and oxygen atoms in total. The van der Waals surface area contributed by atoms with Gasteiger partial charge in [-0.05, 0) is 49.9 Å². The molecule has 1 fully saturated rings. The third-order valence-corrected chi connectivity index (χ3v) is 6.58. The van der Waals surface area contributed by atoms with Gasteiger partial charge in [0.05, 0.1) is 16.3 Å². The van der Waals surface area contributed by atoms with E-state index in [2.05, 4.69) is 5.32 Å². The molecule has 2 amide bonds. The van der Waals surface area contributed by atoms with Gasteiger partial charge in [0.25, 0.3) is 5.91 Å². The quantitative estimate of drug-likeness (QED) is 0.567. The van der Waals surface area contributed by atoms with Gasteiger partial charge < -0.3 is 10.2 Å². The number of amides is 2. The van der Waals surface area contributed by atoms with E-state index in [4.69, 9.17) is 28.2 Å². The number of nitrogens with one attached hydrogen (secondary N) is 1. The highest BCUT2D eigenvalue weighted by Crippen LogP contribution is 2.40. The lowest BCUT2D eigenvalue weighted by Gasteiger charge is -2.38. The van der Waals surface area contributed by atoms with E-state index in [1.165, 1.54) is 11.0 Å². The summed E-state index contributed by atoms with van der Waals surface area (Å²) in [5.74, 6) is -1.05. The van der Waals surface area contributed by atoms with Crippen molar-refractivity contribution in [3.05, 3.63) is 63.6 Å². The van der Waals surface area contributed by atoms with E-state index in [1.54, 1.807) is 24.3 Å². The predicted molar refractivity (Wildman–Crippen MR) is 121 cm³/mol. The van der Waals surface area contributed by atoms with Crippen LogP contribution in [-0.2, 0) is 15.8 Å². The Morgan fingerprint density at radius 3 is 2.36 bits per heavy atom. The second kappa shape index (κ2) is 8.99. The van der Waals surface area contributed by atoms with Crippen LogP contribution in [0.25, 0.3) is 0 Å². The van der Waals surface area contributed by atoms with Crippen molar-refractivity contribution in [3.63, 3.8) is 0 Å². The number of benzene rings is 2. The monoisotopic (exact) mass is 497 g/mol. The summed E-state index contributed by atoms with van der Waals surface area (Å²) in [6, 6.07) is 9.99. The molecule has 1 aliphatic carbocycles. The molecule has 33 heavy (non-hydrogen) atoms. The smallest absolute Gasteiger partial charge is 0.323 e. The zero-order chi connectivity index (χ0) is 23.8. The number of hydrogen-bond acceptors (Lipinski definition) is 3. The van der Waals surface area contributed by atoms with Crippen LogP contribution in [0.2, 0.25) is 10.0 Å². The third-order valence-electron chi connectivity index (χ3n) is 5.92. The van der Waals surface area contributed by atoms with Crippen LogP contribution in [0.4, 0.5) is 18.9 Å². The Morgan fingerprint density at radius 2 is 1.73 bits per heavy atom. The Balaban J connectivity index is 1.59. The number of carbonyl (C=O) groups excluding carboxylic acids is 2. The second-order valence-corrected chi connectivity index (χ2v) is 8.93. The molecule has 2 aromatic rings. The van der Waals surface area contributed by atoms with Crippen LogP contribution in [0, 0.1) is 0 Å². The number of aliphatic imine (C=N–C) groups is 1. The maximum atomic E-state index is 13.3. The highest BCUT2D eigenvalue weighted by molar-refractivity contribution is 6.47. The molecule has 2 aromatic carbocycles. The molecule has 1 spiro atoms. The molecule has 1 N–H and O–H groups in total. The van der Waals surface area contributed by atoms with E-state index < -0.39 is 34.2 Å². The highest BCUT2D eigenvalue weighted by Gasteiger charge is 2.48. The van der Waals surface area contributed by atoms with Crippen LogP contribution in [-0.4, -0.2) is 34.6 Å². The minimum absolute atomic E-state index is 0.167. The first-order valence-electron chi connectivity index (χ1n) is 10.4. The van der Waals surface area contributed by atoms with Gasteiger partial charge >= 0.3 is 6.18 Å². The molecular weight excluding hydrogens is 478 g/mol. The van der Waals surface area contributed by atoms with Crippen LogP contribution in [0.1, 0.15) is 43.2 Å². The number of alkyl halides is 3. The lowest BCUT2D eigenvalue weighted by molar-refractivity contribution is -0.137. The van der Waals surface area contributed by atoms with Gasteiger partial charge in [0.15, 0.2) is 0 Å². The van der Waals surface area contributed by atoms with Crippen molar-refractivity contribution in [3.8, 4) is 0 Å². The molecule has 1 heterocycles. The van der Waals surface area contributed by atoms with E-state index in [0.717, 1.165) is 31.4 Å². The average molecular weight is 498 g/mol. The maximum Gasteiger partial charge on any atom is 0.417 e. The van der Waals surface area contributed by atoms with E-state index in [-0.39, 0.29) is 17.9 Å². The molecule has 4 rings (SSSR count). The molecule has 0 aromatic heterocycles. The first kappa shape index (κ1) is 23.6.